The van der Waals surface area contributed by atoms with Gasteiger partial charge in [0.2, 0.25) is 5.96 Å². The van der Waals surface area contributed by atoms with Crippen LogP contribution in [-0.2, 0) is 6.42 Å². The summed E-state index contributed by atoms with van der Waals surface area (Å²) in [4.78, 5) is 0. The third-order valence-electron chi connectivity index (χ3n) is 3.71. The Bertz CT molecular complexity index is 800. The monoisotopic (exact) mass is 408 g/mol. The van der Waals surface area contributed by atoms with Crippen LogP contribution in [0.3, 0.4) is 0 Å². The molecule has 2 aromatic rings. The first kappa shape index (κ1) is 19.0. The maximum atomic E-state index is 8.72. The van der Waals surface area contributed by atoms with Gasteiger partial charge >= 0.3 is 0 Å². The number of thiophene rings is 1. The number of nitrogens with two attached hydrogens (primary N) is 1. The van der Waals surface area contributed by atoms with Crippen LogP contribution in [0.1, 0.15) is 34.9 Å². The standard InChI is InChI=1S/C13H14Cl2N6OS.ClH/c1-5-11-8(18-17-5)2-6(7-4-10(14)23-12(7)15)3-9(11)19-20-13(16)21-22;/h4,6,22H,2-3H2,1H3,(H,17,18)(H3,16,20,21);1H/b19-9-;. The molecule has 5 N–H and O–H groups in total. The number of H-pyrrole nitrogens is 1. The van der Waals surface area contributed by atoms with Crippen molar-refractivity contribution in [3.05, 3.63) is 37.3 Å². The molecule has 1 aliphatic carbocycles. The average Bonchev–Trinajstić information content (AvgIpc) is 3.06. The molecule has 3 rings (SSSR count). The Balaban J connectivity index is 0.00000208. The molecule has 11 heteroatoms. The molecule has 1 atom stereocenters. The zero-order valence-electron chi connectivity index (χ0n) is 12.5. The van der Waals surface area contributed by atoms with Crippen molar-refractivity contribution >= 4 is 58.6 Å². The number of hydrogen-bond acceptors (Lipinski definition) is 5. The highest BCUT2D eigenvalue weighted by Gasteiger charge is 2.30. The van der Waals surface area contributed by atoms with Crippen molar-refractivity contribution in [3.63, 3.8) is 0 Å². The number of aromatic amines is 1. The van der Waals surface area contributed by atoms with Crippen LogP contribution in [-0.4, -0.2) is 27.1 Å². The summed E-state index contributed by atoms with van der Waals surface area (Å²) in [6, 6.07) is 1.88. The highest BCUT2D eigenvalue weighted by Crippen LogP contribution is 2.41. The lowest BCUT2D eigenvalue weighted by Crippen LogP contribution is -2.28. The number of guanidine groups is 1. The van der Waals surface area contributed by atoms with Gasteiger partial charge in [0.05, 0.1) is 20.1 Å². The van der Waals surface area contributed by atoms with Gasteiger partial charge in [-0.2, -0.15) is 10.2 Å². The zero-order valence-corrected chi connectivity index (χ0v) is 15.7. The summed E-state index contributed by atoms with van der Waals surface area (Å²) in [7, 11) is 0. The molecule has 24 heavy (non-hydrogen) atoms. The first-order valence-corrected chi connectivity index (χ1v) is 8.35. The summed E-state index contributed by atoms with van der Waals surface area (Å²) in [5, 5.41) is 24.0. The quantitative estimate of drug-likeness (QED) is 0.346. The van der Waals surface area contributed by atoms with E-state index in [4.69, 9.17) is 34.1 Å². The summed E-state index contributed by atoms with van der Waals surface area (Å²) in [6.07, 6.45) is 1.37. The first-order valence-electron chi connectivity index (χ1n) is 6.78. The maximum absolute atomic E-state index is 8.72. The van der Waals surface area contributed by atoms with E-state index in [2.05, 4.69) is 20.4 Å². The molecule has 0 radical (unpaired) electrons. The molecule has 1 unspecified atom stereocenters. The van der Waals surface area contributed by atoms with Gasteiger partial charge in [-0.05, 0) is 37.3 Å². The van der Waals surface area contributed by atoms with Gasteiger partial charge in [-0.25, -0.2) is 5.48 Å². The lowest BCUT2D eigenvalue weighted by Gasteiger charge is -2.22. The summed E-state index contributed by atoms with van der Waals surface area (Å²) >= 11 is 13.7. The number of halogens is 3. The summed E-state index contributed by atoms with van der Waals surface area (Å²) < 4.78 is 1.33. The van der Waals surface area contributed by atoms with E-state index in [1.807, 2.05) is 13.0 Å². The van der Waals surface area contributed by atoms with Crippen molar-refractivity contribution in [2.24, 2.45) is 15.9 Å². The number of nitrogens with zero attached hydrogens (tertiary/aromatic N) is 3. The molecule has 2 heterocycles. The van der Waals surface area contributed by atoms with Gasteiger partial charge in [0, 0.05) is 11.3 Å². The van der Waals surface area contributed by atoms with Crippen LogP contribution in [0.4, 0.5) is 0 Å². The van der Waals surface area contributed by atoms with E-state index in [1.54, 1.807) is 5.48 Å². The summed E-state index contributed by atoms with van der Waals surface area (Å²) in [5.74, 6) is -0.0716. The number of hydrogen-bond donors (Lipinski definition) is 4. The second kappa shape index (κ2) is 7.71. The predicted octanol–water partition coefficient (Wildman–Crippen LogP) is 3.24. The minimum atomic E-state index is -0.182. The zero-order chi connectivity index (χ0) is 16.6. The lowest BCUT2D eigenvalue weighted by atomic mass is 9.82. The molecule has 0 saturated heterocycles. The van der Waals surface area contributed by atoms with Crippen LogP contribution in [0.2, 0.25) is 8.67 Å². The molecule has 0 saturated carbocycles. The summed E-state index contributed by atoms with van der Waals surface area (Å²) in [6.45, 7) is 1.92. The smallest absolute Gasteiger partial charge is 0.237 e. The van der Waals surface area contributed by atoms with E-state index in [0.29, 0.717) is 15.1 Å². The normalized spacial score (nSPS) is 19.1. The minimum Gasteiger partial charge on any atom is -0.367 e. The predicted molar refractivity (Wildman–Crippen MR) is 99.1 cm³/mol. The van der Waals surface area contributed by atoms with Gasteiger partial charge in [0.15, 0.2) is 0 Å². The van der Waals surface area contributed by atoms with Crippen LogP contribution in [0.15, 0.2) is 16.3 Å². The van der Waals surface area contributed by atoms with E-state index in [0.717, 1.165) is 34.6 Å². The molecule has 0 spiro atoms. The van der Waals surface area contributed by atoms with Gasteiger partial charge in [0.1, 0.15) is 0 Å². The fourth-order valence-corrected chi connectivity index (χ4v) is 4.36. The van der Waals surface area contributed by atoms with Gasteiger partial charge in [-0.3, -0.25) is 10.3 Å². The van der Waals surface area contributed by atoms with E-state index >= 15 is 0 Å². The fraction of sp³-hybridized carbons (Fsp3) is 0.308. The maximum Gasteiger partial charge on any atom is 0.237 e. The van der Waals surface area contributed by atoms with E-state index < -0.39 is 0 Å². The number of hydroxylamine groups is 1. The molecule has 0 fully saturated rings. The second-order valence-electron chi connectivity index (χ2n) is 5.20. The number of rotatable bonds is 2. The molecule has 7 nitrogen and oxygen atoms in total. The number of aromatic nitrogens is 2. The number of aryl methyl sites for hydroxylation is 1. The van der Waals surface area contributed by atoms with Crippen molar-refractivity contribution < 1.29 is 5.21 Å². The van der Waals surface area contributed by atoms with Crippen molar-refractivity contribution in [2.45, 2.75) is 25.7 Å². The molecular weight excluding hydrogens is 395 g/mol. The number of nitrogens with one attached hydrogen (secondary N) is 2. The third-order valence-corrected chi connectivity index (χ3v) is 5.22. The first-order chi connectivity index (χ1) is 11.0. The Hall–Kier alpha value is -1.32. The van der Waals surface area contributed by atoms with Crippen molar-refractivity contribution in [3.8, 4) is 0 Å². The van der Waals surface area contributed by atoms with Crippen LogP contribution in [0, 0.1) is 6.92 Å². The fourth-order valence-electron chi connectivity index (χ4n) is 2.73. The highest BCUT2D eigenvalue weighted by atomic mass is 35.5. The van der Waals surface area contributed by atoms with Gasteiger partial charge in [-0.15, -0.1) is 28.8 Å². The Morgan fingerprint density at radius 1 is 1.50 bits per heavy atom. The molecule has 130 valence electrons. The van der Waals surface area contributed by atoms with E-state index in [9.17, 15) is 0 Å². The van der Waals surface area contributed by atoms with Gasteiger partial charge < -0.3 is 5.73 Å². The van der Waals surface area contributed by atoms with Crippen LogP contribution in [0.25, 0.3) is 0 Å². The molecule has 0 aliphatic heterocycles. The SMILES string of the molecule is Cc1[nH]nc2c1/C(=N\N=C(N)NO)CC(c1cc(Cl)sc1Cl)C2.Cl. The van der Waals surface area contributed by atoms with Crippen molar-refractivity contribution in [1.82, 2.24) is 15.7 Å². The topological polar surface area (TPSA) is 112 Å². The van der Waals surface area contributed by atoms with Crippen molar-refractivity contribution in [1.29, 1.82) is 0 Å². The largest absolute Gasteiger partial charge is 0.367 e. The molecular formula is C13H15Cl3N6OS. The van der Waals surface area contributed by atoms with Crippen LogP contribution in [0.5, 0.6) is 0 Å². The van der Waals surface area contributed by atoms with Crippen LogP contribution >= 0.6 is 46.9 Å². The third kappa shape index (κ3) is 3.68. The molecule has 0 bridgehead atoms. The minimum absolute atomic E-state index is 0. The number of fused-ring (bicyclic) bond motifs is 1. The van der Waals surface area contributed by atoms with Gasteiger partial charge in [0.25, 0.3) is 0 Å². The van der Waals surface area contributed by atoms with Crippen LogP contribution < -0.4 is 11.2 Å². The molecule has 2 aromatic heterocycles. The van der Waals surface area contributed by atoms with E-state index in [1.165, 1.54) is 11.3 Å². The molecule has 0 aromatic carbocycles. The second-order valence-corrected chi connectivity index (χ2v) is 7.48. The molecule has 0 amide bonds. The van der Waals surface area contributed by atoms with Crippen molar-refractivity contribution in [2.75, 3.05) is 0 Å². The molecule has 1 aliphatic rings. The Labute approximate surface area is 158 Å². The Morgan fingerprint density at radius 3 is 2.88 bits per heavy atom. The Kier molecular flexibility index (Phi) is 6.11. The average molecular weight is 410 g/mol. The van der Waals surface area contributed by atoms with Gasteiger partial charge in [-0.1, -0.05) is 23.2 Å². The highest BCUT2D eigenvalue weighted by molar-refractivity contribution is 7.20. The summed E-state index contributed by atoms with van der Waals surface area (Å²) in [5.41, 5.74) is 11.6. The Morgan fingerprint density at radius 2 is 2.25 bits per heavy atom. The van der Waals surface area contributed by atoms with E-state index in [-0.39, 0.29) is 24.3 Å². The lowest BCUT2D eigenvalue weighted by molar-refractivity contribution is 0.232.